The Morgan fingerprint density at radius 2 is 1.87 bits per heavy atom. The molecule has 0 saturated carbocycles. The summed E-state index contributed by atoms with van der Waals surface area (Å²) in [6, 6.07) is 0. The largest absolute Gasteiger partial charge is 0.463 e. The Morgan fingerprint density at radius 3 is 2.33 bits per heavy atom. The molecule has 0 aliphatic heterocycles. The number of carbonyl (C=O) groups is 2. The fourth-order valence-electron chi connectivity index (χ4n) is 0.755. The zero-order chi connectivity index (χ0) is 11.8. The molecule has 0 aromatic carbocycles. The van der Waals surface area contributed by atoms with Gasteiger partial charge in [-0.05, 0) is 20.3 Å². The lowest BCUT2D eigenvalue weighted by Gasteiger charge is -2.13. The van der Waals surface area contributed by atoms with Gasteiger partial charge in [0, 0.05) is 0 Å². The van der Waals surface area contributed by atoms with Crippen LogP contribution in [0.25, 0.3) is 0 Å². The fourth-order valence-corrected chi connectivity index (χ4v) is 0.755. The smallest absolute Gasteiger partial charge is 0.347 e. The van der Waals surface area contributed by atoms with E-state index < -0.39 is 24.1 Å². The Balaban J connectivity index is 3.83. The molecule has 0 aromatic rings. The zero-order valence-corrected chi connectivity index (χ0v) is 9.36. The van der Waals surface area contributed by atoms with E-state index in [9.17, 15) is 9.59 Å². The fraction of sp³-hybridized carbons (Fsp3) is 0.800. The van der Waals surface area contributed by atoms with E-state index in [0.29, 0.717) is 6.61 Å². The number of unbranched alkanes of at least 4 members (excludes halogenated alkanes) is 1. The van der Waals surface area contributed by atoms with Gasteiger partial charge in [-0.1, -0.05) is 13.3 Å². The molecule has 2 atom stereocenters. The molecule has 0 spiro atoms. The molecule has 0 aliphatic rings. The number of aliphatic hydroxyl groups excluding tert-OH is 1. The van der Waals surface area contributed by atoms with Crippen LogP contribution in [0.4, 0.5) is 0 Å². The molecule has 0 rings (SSSR count). The summed E-state index contributed by atoms with van der Waals surface area (Å²) < 4.78 is 9.47. The lowest BCUT2D eigenvalue weighted by Crippen LogP contribution is -2.30. The average molecular weight is 218 g/mol. The third-order valence-corrected chi connectivity index (χ3v) is 1.71. The van der Waals surface area contributed by atoms with E-state index in [4.69, 9.17) is 9.84 Å². The van der Waals surface area contributed by atoms with E-state index in [0.717, 1.165) is 12.8 Å². The third kappa shape index (κ3) is 6.06. The van der Waals surface area contributed by atoms with Gasteiger partial charge < -0.3 is 14.6 Å². The number of rotatable bonds is 6. The van der Waals surface area contributed by atoms with Gasteiger partial charge in [-0.15, -0.1) is 0 Å². The highest BCUT2D eigenvalue weighted by Gasteiger charge is 2.21. The van der Waals surface area contributed by atoms with Crippen LogP contribution in [0.5, 0.6) is 0 Å². The molecule has 15 heavy (non-hydrogen) atoms. The zero-order valence-electron chi connectivity index (χ0n) is 9.36. The quantitative estimate of drug-likeness (QED) is 0.523. The summed E-state index contributed by atoms with van der Waals surface area (Å²) in [5.41, 5.74) is 0. The molecule has 5 heteroatoms. The van der Waals surface area contributed by atoms with Crippen LogP contribution < -0.4 is 0 Å². The predicted molar refractivity (Wildman–Crippen MR) is 53.1 cm³/mol. The molecule has 88 valence electrons. The van der Waals surface area contributed by atoms with Crippen LogP contribution in [-0.2, 0) is 19.1 Å². The summed E-state index contributed by atoms with van der Waals surface area (Å²) >= 11 is 0. The number of esters is 2. The molecule has 0 amide bonds. The van der Waals surface area contributed by atoms with E-state index >= 15 is 0 Å². The molecule has 0 fully saturated rings. The van der Waals surface area contributed by atoms with Crippen molar-refractivity contribution < 1.29 is 24.2 Å². The monoisotopic (exact) mass is 218 g/mol. The van der Waals surface area contributed by atoms with Gasteiger partial charge in [0.2, 0.25) is 0 Å². The Hall–Kier alpha value is -1.10. The van der Waals surface area contributed by atoms with Crippen LogP contribution in [0.1, 0.15) is 33.6 Å². The second-order valence-electron chi connectivity index (χ2n) is 3.28. The Bertz CT molecular complexity index is 212. The van der Waals surface area contributed by atoms with Crippen LogP contribution >= 0.6 is 0 Å². The van der Waals surface area contributed by atoms with Crippen molar-refractivity contribution in [1.29, 1.82) is 0 Å². The van der Waals surface area contributed by atoms with Gasteiger partial charge in [-0.25, -0.2) is 9.59 Å². The van der Waals surface area contributed by atoms with Crippen molar-refractivity contribution in [3.05, 3.63) is 0 Å². The second kappa shape index (κ2) is 7.23. The maximum Gasteiger partial charge on any atom is 0.347 e. The molecular weight excluding hydrogens is 200 g/mol. The second-order valence-corrected chi connectivity index (χ2v) is 3.28. The highest BCUT2D eigenvalue weighted by molar-refractivity contribution is 5.80. The molecule has 0 heterocycles. The van der Waals surface area contributed by atoms with Crippen LogP contribution in [0.3, 0.4) is 0 Å². The first-order chi connectivity index (χ1) is 6.99. The highest BCUT2D eigenvalue weighted by atomic mass is 16.6. The molecule has 1 N–H and O–H groups in total. The number of hydrogen-bond acceptors (Lipinski definition) is 5. The maximum atomic E-state index is 11.2. The van der Waals surface area contributed by atoms with Gasteiger partial charge in [0.25, 0.3) is 0 Å². The van der Waals surface area contributed by atoms with Crippen LogP contribution in [0, 0.1) is 0 Å². The molecule has 0 radical (unpaired) electrons. The number of ether oxygens (including phenoxy) is 2. The van der Waals surface area contributed by atoms with Gasteiger partial charge in [0.1, 0.15) is 6.10 Å². The van der Waals surface area contributed by atoms with Gasteiger partial charge >= 0.3 is 11.9 Å². The van der Waals surface area contributed by atoms with Crippen molar-refractivity contribution in [2.45, 2.75) is 45.8 Å². The highest BCUT2D eigenvalue weighted by Crippen LogP contribution is 1.99. The standard InChI is InChI=1S/C10H18O5/c1-4-5-6-14-10(13)8(3)15-9(12)7(2)11/h7-8,11H,4-6H2,1-3H3. The summed E-state index contributed by atoms with van der Waals surface area (Å²) in [4.78, 5) is 22.1. The molecular formula is C10H18O5. The summed E-state index contributed by atoms with van der Waals surface area (Å²) in [6.07, 6.45) is -0.488. The lowest BCUT2D eigenvalue weighted by atomic mass is 10.3. The summed E-state index contributed by atoms with van der Waals surface area (Å²) in [7, 11) is 0. The van der Waals surface area contributed by atoms with E-state index in [1.54, 1.807) is 0 Å². The van der Waals surface area contributed by atoms with E-state index in [2.05, 4.69) is 4.74 Å². The molecule has 2 unspecified atom stereocenters. The molecule has 0 saturated heterocycles. The van der Waals surface area contributed by atoms with E-state index in [1.165, 1.54) is 13.8 Å². The Kier molecular flexibility index (Phi) is 6.70. The van der Waals surface area contributed by atoms with Crippen molar-refractivity contribution in [2.24, 2.45) is 0 Å². The molecule has 0 aromatic heterocycles. The number of carbonyl (C=O) groups excluding carboxylic acids is 2. The summed E-state index contributed by atoms with van der Waals surface area (Å²) in [6.45, 7) is 4.99. The van der Waals surface area contributed by atoms with Crippen molar-refractivity contribution in [1.82, 2.24) is 0 Å². The normalized spacial score (nSPS) is 14.1. The first-order valence-electron chi connectivity index (χ1n) is 5.04. The summed E-state index contributed by atoms with van der Waals surface area (Å²) in [5.74, 6) is -1.41. The van der Waals surface area contributed by atoms with Crippen molar-refractivity contribution >= 4 is 11.9 Å². The number of aliphatic hydroxyl groups is 1. The minimum atomic E-state index is -1.23. The predicted octanol–water partition coefficient (Wildman–Crippen LogP) is 0.642. The van der Waals surface area contributed by atoms with E-state index in [-0.39, 0.29) is 0 Å². The van der Waals surface area contributed by atoms with Crippen LogP contribution in [0.15, 0.2) is 0 Å². The third-order valence-electron chi connectivity index (χ3n) is 1.71. The first-order valence-corrected chi connectivity index (χ1v) is 5.04. The Labute approximate surface area is 89.4 Å². The van der Waals surface area contributed by atoms with Gasteiger partial charge in [0.15, 0.2) is 6.10 Å². The van der Waals surface area contributed by atoms with Crippen molar-refractivity contribution in [3.63, 3.8) is 0 Å². The first kappa shape index (κ1) is 13.9. The van der Waals surface area contributed by atoms with Crippen LogP contribution in [-0.4, -0.2) is 35.9 Å². The van der Waals surface area contributed by atoms with Gasteiger partial charge in [0.05, 0.1) is 6.61 Å². The molecule has 0 aliphatic carbocycles. The minimum Gasteiger partial charge on any atom is -0.463 e. The summed E-state index contributed by atoms with van der Waals surface area (Å²) in [5, 5.41) is 8.84. The lowest BCUT2D eigenvalue weighted by molar-refractivity contribution is -0.171. The maximum absolute atomic E-state index is 11.2. The average Bonchev–Trinajstić information content (AvgIpc) is 2.17. The molecule has 0 bridgehead atoms. The van der Waals surface area contributed by atoms with Gasteiger partial charge in [-0.2, -0.15) is 0 Å². The van der Waals surface area contributed by atoms with E-state index in [1.807, 2.05) is 6.92 Å². The molecule has 5 nitrogen and oxygen atoms in total. The Morgan fingerprint density at radius 1 is 1.27 bits per heavy atom. The SMILES string of the molecule is CCCCOC(=O)C(C)OC(=O)C(C)O. The van der Waals surface area contributed by atoms with Crippen LogP contribution in [0.2, 0.25) is 0 Å². The van der Waals surface area contributed by atoms with Gasteiger partial charge in [-0.3, -0.25) is 0 Å². The number of hydrogen-bond donors (Lipinski definition) is 1. The minimum absolute atomic E-state index is 0.325. The van der Waals surface area contributed by atoms with Crippen molar-refractivity contribution in [3.8, 4) is 0 Å². The topological polar surface area (TPSA) is 72.8 Å². The van der Waals surface area contributed by atoms with Crippen molar-refractivity contribution in [2.75, 3.05) is 6.61 Å².